The van der Waals surface area contributed by atoms with Crippen LogP contribution >= 0.6 is 11.8 Å². The standard InChI is InChI=1S/C14H14FNOS/c1-2-13(17)12-8-7-10(9-16-12)18-14-6-4-3-5-11(14)15/h3-9,13,17H,2H2,1H3. The number of rotatable bonds is 4. The largest absolute Gasteiger partial charge is 0.387 e. The van der Waals surface area contributed by atoms with Crippen LogP contribution in [0.25, 0.3) is 0 Å². The number of benzene rings is 1. The van der Waals surface area contributed by atoms with Crippen LogP contribution in [-0.4, -0.2) is 10.1 Å². The van der Waals surface area contributed by atoms with Crippen molar-refractivity contribution >= 4 is 11.8 Å². The zero-order valence-corrected chi connectivity index (χ0v) is 10.8. The van der Waals surface area contributed by atoms with E-state index in [9.17, 15) is 9.50 Å². The Labute approximate surface area is 110 Å². The van der Waals surface area contributed by atoms with E-state index in [1.807, 2.05) is 13.0 Å². The number of aliphatic hydroxyl groups excluding tert-OH is 1. The molecule has 2 aromatic rings. The van der Waals surface area contributed by atoms with Crippen molar-refractivity contribution in [3.05, 3.63) is 54.1 Å². The minimum Gasteiger partial charge on any atom is -0.387 e. The molecule has 0 saturated carbocycles. The lowest BCUT2D eigenvalue weighted by Gasteiger charge is -2.08. The molecule has 18 heavy (non-hydrogen) atoms. The maximum Gasteiger partial charge on any atom is 0.137 e. The second-order valence-electron chi connectivity index (χ2n) is 3.88. The summed E-state index contributed by atoms with van der Waals surface area (Å²) < 4.78 is 13.5. The lowest BCUT2D eigenvalue weighted by atomic mass is 10.2. The first kappa shape index (κ1) is 13.1. The van der Waals surface area contributed by atoms with E-state index in [0.717, 1.165) is 4.90 Å². The van der Waals surface area contributed by atoms with Crippen LogP contribution in [0.2, 0.25) is 0 Å². The summed E-state index contributed by atoms with van der Waals surface area (Å²) in [6.07, 6.45) is 1.76. The highest BCUT2D eigenvalue weighted by Gasteiger charge is 2.07. The fraction of sp³-hybridized carbons (Fsp3) is 0.214. The SMILES string of the molecule is CCC(O)c1ccc(Sc2ccccc2F)cn1. The molecule has 1 heterocycles. The van der Waals surface area contributed by atoms with Crippen molar-refractivity contribution in [2.45, 2.75) is 29.2 Å². The highest BCUT2D eigenvalue weighted by atomic mass is 32.2. The smallest absolute Gasteiger partial charge is 0.137 e. The first-order valence-corrected chi connectivity index (χ1v) is 6.58. The number of hydrogen-bond acceptors (Lipinski definition) is 3. The summed E-state index contributed by atoms with van der Waals surface area (Å²) >= 11 is 1.32. The van der Waals surface area contributed by atoms with Gasteiger partial charge in [-0.25, -0.2) is 4.39 Å². The molecule has 1 atom stereocenters. The average molecular weight is 263 g/mol. The van der Waals surface area contributed by atoms with Gasteiger partial charge in [-0.1, -0.05) is 30.8 Å². The van der Waals surface area contributed by atoms with Crippen molar-refractivity contribution < 1.29 is 9.50 Å². The second kappa shape index (κ2) is 5.98. The monoisotopic (exact) mass is 263 g/mol. The Kier molecular flexibility index (Phi) is 4.33. The molecule has 0 radical (unpaired) electrons. The molecule has 0 amide bonds. The van der Waals surface area contributed by atoms with Crippen molar-refractivity contribution in [3.63, 3.8) is 0 Å². The predicted octanol–water partition coefficient (Wildman–Crippen LogP) is 3.82. The molecule has 1 N–H and O–H groups in total. The summed E-state index contributed by atoms with van der Waals surface area (Å²) in [6.45, 7) is 1.90. The van der Waals surface area contributed by atoms with Gasteiger partial charge in [-0.15, -0.1) is 0 Å². The van der Waals surface area contributed by atoms with Gasteiger partial charge in [0.05, 0.1) is 11.8 Å². The summed E-state index contributed by atoms with van der Waals surface area (Å²) in [7, 11) is 0. The van der Waals surface area contributed by atoms with Crippen LogP contribution in [0.4, 0.5) is 4.39 Å². The summed E-state index contributed by atoms with van der Waals surface area (Å²) in [5.74, 6) is -0.236. The molecule has 1 aromatic carbocycles. The molecular weight excluding hydrogens is 249 g/mol. The van der Waals surface area contributed by atoms with Crippen molar-refractivity contribution in [2.24, 2.45) is 0 Å². The quantitative estimate of drug-likeness (QED) is 0.910. The molecule has 0 spiro atoms. The minimum absolute atomic E-state index is 0.236. The van der Waals surface area contributed by atoms with Crippen LogP contribution < -0.4 is 0 Å². The summed E-state index contributed by atoms with van der Waals surface area (Å²) in [5, 5.41) is 9.62. The van der Waals surface area contributed by atoms with Gasteiger partial charge < -0.3 is 5.11 Å². The minimum atomic E-state index is -0.530. The third kappa shape index (κ3) is 3.09. The Hall–Kier alpha value is -1.39. The van der Waals surface area contributed by atoms with Gasteiger partial charge in [0.2, 0.25) is 0 Å². The van der Waals surface area contributed by atoms with Gasteiger partial charge in [0.1, 0.15) is 5.82 Å². The molecule has 1 aromatic heterocycles. The fourth-order valence-corrected chi connectivity index (χ4v) is 2.32. The number of aromatic nitrogens is 1. The van der Waals surface area contributed by atoms with E-state index in [-0.39, 0.29) is 5.82 Å². The van der Waals surface area contributed by atoms with E-state index >= 15 is 0 Å². The maximum absolute atomic E-state index is 13.5. The number of pyridine rings is 1. The lowest BCUT2D eigenvalue weighted by molar-refractivity contribution is 0.169. The normalized spacial score (nSPS) is 12.4. The van der Waals surface area contributed by atoms with E-state index in [1.165, 1.54) is 17.8 Å². The number of hydrogen-bond donors (Lipinski definition) is 1. The van der Waals surface area contributed by atoms with Crippen molar-refractivity contribution in [1.29, 1.82) is 0 Å². The Morgan fingerprint density at radius 3 is 2.67 bits per heavy atom. The number of halogens is 1. The highest BCUT2D eigenvalue weighted by molar-refractivity contribution is 7.99. The predicted molar refractivity (Wildman–Crippen MR) is 70.0 cm³/mol. The molecule has 0 aliphatic rings. The molecule has 0 fully saturated rings. The van der Waals surface area contributed by atoms with Crippen molar-refractivity contribution in [2.75, 3.05) is 0 Å². The van der Waals surface area contributed by atoms with E-state index in [1.54, 1.807) is 30.5 Å². The molecule has 0 bridgehead atoms. The molecule has 0 aliphatic carbocycles. The van der Waals surface area contributed by atoms with Crippen LogP contribution in [0.5, 0.6) is 0 Å². The second-order valence-corrected chi connectivity index (χ2v) is 4.99. The Morgan fingerprint density at radius 2 is 2.06 bits per heavy atom. The molecule has 94 valence electrons. The van der Waals surface area contributed by atoms with Gasteiger partial charge >= 0.3 is 0 Å². The molecule has 0 saturated heterocycles. The van der Waals surface area contributed by atoms with Crippen molar-refractivity contribution in [3.8, 4) is 0 Å². The molecule has 0 aliphatic heterocycles. The Morgan fingerprint density at radius 1 is 1.28 bits per heavy atom. The number of aliphatic hydroxyl groups is 1. The third-order valence-electron chi connectivity index (χ3n) is 2.55. The first-order valence-electron chi connectivity index (χ1n) is 5.77. The maximum atomic E-state index is 13.5. The molecule has 2 nitrogen and oxygen atoms in total. The zero-order valence-electron chi connectivity index (χ0n) is 10.0. The van der Waals surface area contributed by atoms with E-state index in [0.29, 0.717) is 17.0 Å². The molecule has 1 unspecified atom stereocenters. The van der Waals surface area contributed by atoms with Crippen LogP contribution in [-0.2, 0) is 0 Å². The summed E-state index contributed by atoms with van der Waals surface area (Å²) in [4.78, 5) is 5.61. The first-order chi connectivity index (χ1) is 8.70. The third-order valence-corrected chi connectivity index (χ3v) is 3.58. The van der Waals surface area contributed by atoms with Gasteiger partial charge in [0.15, 0.2) is 0 Å². The fourth-order valence-electron chi connectivity index (χ4n) is 1.51. The van der Waals surface area contributed by atoms with Gasteiger partial charge in [-0.05, 0) is 30.7 Å². The van der Waals surface area contributed by atoms with Gasteiger partial charge in [0, 0.05) is 16.0 Å². The summed E-state index contributed by atoms with van der Waals surface area (Å²) in [6, 6.07) is 10.3. The van der Waals surface area contributed by atoms with E-state index < -0.39 is 6.10 Å². The van der Waals surface area contributed by atoms with Gasteiger partial charge in [0.25, 0.3) is 0 Å². The topological polar surface area (TPSA) is 33.1 Å². The molecule has 4 heteroatoms. The Balaban J connectivity index is 2.14. The van der Waals surface area contributed by atoms with Gasteiger partial charge in [-0.2, -0.15) is 0 Å². The number of nitrogens with zero attached hydrogens (tertiary/aromatic N) is 1. The van der Waals surface area contributed by atoms with Crippen LogP contribution in [0.1, 0.15) is 25.1 Å². The van der Waals surface area contributed by atoms with E-state index in [2.05, 4.69) is 4.98 Å². The highest BCUT2D eigenvalue weighted by Crippen LogP contribution is 2.29. The Bertz CT molecular complexity index is 515. The zero-order chi connectivity index (χ0) is 13.0. The molecular formula is C14H14FNOS. The van der Waals surface area contributed by atoms with Crippen molar-refractivity contribution in [1.82, 2.24) is 4.98 Å². The van der Waals surface area contributed by atoms with Crippen LogP contribution in [0, 0.1) is 5.82 Å². The summed E-state index contributed by atoms with van der Waals surface area (Å²) in [5.41, 5.74) is 0.649. The average Bonchev–Trinajstić information content (AvgIpc) is 2.41. The molecule has 2 rings (SSSR count). The van der Waals surface area contributed by atoms with Gasteiger partial charge in [-0.3, -0.25) is 4.98 Å². The lowest BCUT2D eigenvalue weighted by Crippen LogP contribution is -1.97. The van der Waals surface area contributed by atoms with Crippen LogP contribution in [0.15, 0.2) is 52.4 Å². The van der Waals surface area contributed by atoms with E-state index in [4.69, 9.17) is 0 Å². The van der Waals surface area contributed by atoms with Crippen LogP contribution in [0.3, 0.4) is 0 Å².